The van der Waals surface area contributed by atoms with E-state index in [1.807, 2.05) is 6.92 Å². The van der Waals surface area contributed by atoms with Crippen LogP contribution < -0.4 is 5.32 Å². The fourth-order valence-electron chi connectivity index (χ4n) is 2.48. The molecule has 6 nitrogen and oxygen atoms in total. The molecule has 1 aliphatic carbocycles. The standard InChI is InChI=1S/C14H19NO5S/c1-3-20-10-6-9(13(10)19-2)15-14(18)8-4-5-21-11(8)7-12(16)17/h4-5,9-10,13H,3,6-7H2,1-2H3,(H,15,18)(H,16,17). The van der Waals surface area contributed by atoms with Crippen molar-refractivity contribution in [2.75, 3.05) is 13.7 Å². The highest BCUT2D eigenvalue weighted by Crippen LogP contribution is 2.27. The van der Waals surface area contributed by atoms with Gasteiger partial charge in [0, 0.05) is 18.6 Å². The number of hydrogen-bond acceptors (Lipinski definition) is 5. The third-order valence-electron chi connectivity index (χ3n) is 3.52. The minimum atomic E-state index is -0.943. The van der Waals surface area contributed by atoms with E-state index >= 15 is 0 Å². The van der Waals surface area contributed by atoms with Gasteiger partial charge in [0.1, 0.15) is 6.10 Å². The molecule has 7 heteroatoms. The summed E-state index contributed by atoms with van der Waals surface area (Å²) in [6, 6.07) is 1.55. The van der Waals surface area contributed by atoms with Gasteiger partial charge in [0.05, 0.1) is 24.1 Å². The number of hydrogen-bond donors (Lipinski definition) is 2. The number of carbonyl (C=O) groups excluding carboxylic acids is 1. The lowest BCUT2D eigenvalue weighted by Crippen LogP contribution is -2.61. The van der Waals surface area contributed by atoms with E-state index in [1.54, 1.807) is 18.6 Å². The monoisotopic (exact) mass is 313 g/mol. The predicted molar refractivity (Wildman–Crippen MR) is 77.7 cm³/mol. The number of thiophene rings is 1. The molecule has 21 heavy (non-hydrogen) atoms. The van der Waals surface area contributed by atoms with Gasteiger partial charge in [0.25, 0.3) is 5.91 Å². The zero-order chi connectivity index (χ0) is 15.4. The van der Waals surface area contributed by atoms with Crippen molar-refractivity contribution in [1.29, 1.82) is 0 Å². The van der Waals surface area contributed by atoms with Crippen molar-refractivity contribution in [3.63, 3.8) is 0 Å². The average Bonchev–Trinajstić information content (AvgIpc) is 2.85. The molecule has 3 atom stereocenters. The summed E-state index contributed by atoms with van der Waals surface area (Å²) in [4.78, 5) is 23.6. The van der Waals surface area contributed by atoms with Crippen LogP contribution in [0.1, 0.15) is 28.6 Å². The van der Waals surface area contributed by atoms with Crippen LogP contribution in [0.15, 0.2) is 11.4 Å². The lowest BCUT2D eigenvalue weighted by molar-refractivity contribution is -0.136. The molecule has 1 fully saturated rings. The summed E-state index contributed by atoms with van der Waals surface area (Å²) >= 11 is 1.28. The Kier molecular flexibility index (Phi) is 5.33. The minimum Gasteiger partial charge on any atom is -0.481 e. The van der Waals surface area contributed by atoms with E-state index in [0.717, 1.165) is 0 Å². The average molecular weight is 313 g/mol. The third-order valence-corrected chi connectivity index (χ3v) is 4.44. The van der Waals surface area contributed by atoms with Gasteiger partial charge >= 0.3 is 5.97 Å². The lowest BCUT2D eigenvalue weighted by Gasteiger charge is -2.43. The molecule has 0 aromatic carbocycles. The molecule has 3 unspecified atom stereocenters. The highest BCUT2D eigenvalue weighted by atomic mass is 32.1. The minimum absolute atomic E-state index is 0.00580. The van der Waals surface area contributed by atoms with E-state index in [0.29, 0.717) is 23.5 Å². The first-order chi connectivity index (χ1) is 10.1. The Bertz CT molecular complexity index is 515. The van der Waals surface area contributed by atoms with Crippen molar-refractivity contribution in [2.45, 2.75) is 38.0 Å². The first-order valence-electron chi connectivity index (χ1n) is 6.80. The molecular formula is C14H19NO5S. The Morgan fingerprint density at radius 2 is 2.29 bits per heavy atom. The first-order valence-corrected chi connectivity index (χ1v) is 7.68. The van der Waals surface area contributed by atoms with Gasteiger partial charge < -0.3 is 19.9 Å². The molecule has 0 spiro atoms. The number of carboxylic acids is 1. The summed E-state index contributed by atoms with van der Waals surface area (Å²) in [6.45, 7) is 2.53. The van der Waals surface area contributed by atoms with Crippen molar-refractivity contribution in [1.82, 2.24) is 5.32 Å². The van der Waals surface area contributed by atoms with Crippen LogP contribution in [0, 0.1) is 0 Å². The maximum absolute atomic E-state index is 12.2. The summed E-state index contributed by atoms with van der Waals surface area (Å²) in [7, 11) is 1.59. The molecule has 0 saturated heterocycles. The number of methoxy groups -OCH3 is 1. The van der Waals surface area contributed by atoms with Gasteiger partial charge in [-0.3, -0.25) is 9.59 Å². The SMILES string of the molecule is CCOC1CC(NC(=O)c2ccsc2CC(=O)O)C1OC. The third kappa shape index (κ3) is 3.61. The molecule has 2 N–H and O–H groups in total. The van der Waals surface area contributed by atoms with E-state index in [-0.39, 0.29) is 30.6 Å². The van der Waals surface area contributed by atoms with Crippen molar-refractivity contribution < 1.29 is 24.2 Å². The fraction of sp³-hybridized carbons (Fsp3) is 0.571. The smallest absolute Gasteiger partial charge is 0.308 e. The number of nitrogens with one attached hydrogen (secondary N) is 1. The summed E-state index contributed by atoms with van der Waals surface area (Å²) < 4.78 is 10.9. The van der Waals surface area contributed by atoms with Gasteiger partial charge in [0.15, 0.2) is 0 Å². The Morgan fingerprint density at radius 1 is 1.52 bits per heavy atom. The zero-order valence-corrected chi connectivity index (χ0v) is 12.8. The molecule has 0 radical (unpaired) electrons. The molecule has 0 aliphatic heterocycles. The fourth-order valence-corrected chi connectivity index (χ4v) is 3.34. The number of amides is 1. The van der Waals surface area contributed by atoms with Crippen molar-refractivity contribution in [2.24, 2.45) is 0 Å². The normalized spacial score (nSPS) is 24.4. The second kappa shape index (κ2) is 7.02. The molecule has 1 aliphatic rings. The van der Waals surface area contributed by atoms with Crippen LogP contribution in [0.5, 0.6) is 0 Å². The Balaban J connectivity index is 1.96. The van der Waals surface area contributed by atoms with Gasteiger partial charge in [-0.05, 0) is 24.8 Å². The second-order valence-electron chi connectivity index (χ2n) is 4.84. The van der Waals surface area contributed by atoms with Crippen LogP contribution in [0.4, 0.5) is 0 Å². The summed E-state index contributed by atoms with van der Waals surface area (Å²) in [5, 5.41) is 13.5. The molecule has 2 rings (SSSR count). The van der Waals surface area contributed by atoms with Crippen molar-refractivity contribution in [3.05, 3.63) is 21.9 Å². The maximum atomic E-state index is 12.2. The highest BCUT2D eigenvalue weighted by molar-refractivity contribution is 7.10. The molecule has 1 amide bonds. The van der Waals surface area contributed by atoms with Gasteiger partial charge in [-0.2, -0.15) is 0 Å². The Morgan fingerprint density at radius 3 is 2.90 bits per heavy atom. The van der Waals surface area contributed by atoms with Gasteiger partial charge in [-0.15, -0.1) is 11.3 Å². The van der Waals surface area contributed by atoms with Crippen LogP contribution in [0.25, 0.3) is 0 Å². The van der Waals surface area contributed by atoms with Crippen LogP contribution in [0.3, 0.4) is 0 Å². The number of aliphatic carboxylic acids is 1. The van der Waals surface area contributed by atoms with Gasteiger partial charge in [0.2, 0.25) is 0 Å². The van der Waals surface area contributed by atoms with Crippen LogP contribution in [-0.4, -0.2) is 48.9 Å². The van der Waals surface area contributed by atoms with E-state index in [4.69, 9.17) is 14.6 Å². The largest absolute Gasteiger partial charge is 0.481 e. The number of ether oxygens (including phenoxy) is 2. The van der Waals surface area contributed by atoms with Crippen molar-refractivity contribution in [3.8, 4) is 0 Å². The second-order valence-corrected chi connectivity index (χ2v) is 5.84. The molecule has 1 aromatic rings. The summed E-state index contributed by atoms with van der Waals surface area (Å²) in [5.74, 6) is -1.20. The topological polar surface area (TPSA) is 84.9 Å². The van der Waals surface area contributed by atoms with E-state index in [2.05, 4.69) is 5.32 Å². The predicted octanol–water partition coefficient (Wildman–Crippen LogP) is 1.30. The van der Waals surface area contributed by atoms with Crippen molar-refractivity contribution >= 4 is 23.2 Å². The highest BCUT2D eigenvalue weighted by Gasteiger charge is 2.43. The molecular weight excluding hydrogens is 294 g/mol. The maximum Gasteiger partial charge on any atom is 0.308 e. The van der Waals surface area contributed by atoms with E-state index < -0.39 is 5.97 Å². The van der Waals surface area contributed by atoms with Gasteiger partial charge in [-0.25, -0.2) is 0 Å². The molecule has 116 valence electrons. The van der Waals surface area contributed by atoms with Gasteiger partial charge in [-0.1, -0.05) is 0 Å². The molecule has 1 heterocycles. The quantitative estimate of drug-likeness (QED) is 0.792. The number of rotatable bonds is 7. The molecule has 1 saturated carbocycles. The van der Waals surface area contributed by atoms with E-state index in [1.165, 1.54) is 11.3 Å². The molecule has 0 bridgehead atoms. The van der Waals surface area contributed by atoms with Crippen LogP contribution >= 0.6 is 11.3 Å². The van der Waals surface area contributed by atoms with E-state index in [9.17, 15) is 9.59 Å². The summed E-state index contributed by atoms with van der Waals surface area (Å²) in [6.07, 6.45) is 0.415. The van der Waals surface area contributed by atoms with Crippen LogP contribution in [-0.2, 0) is 20.7 Å². The number of carbonyl (C=O) groups is 2. The Hall–Kier alpha value is -1.44. The lowest BCUT2D eigenvalue weighted by atomic mass is 9.85. The zero-order valence-electron chi connectivity index (χ0n) is 12.0. The van der Waals surface area contributed by atoms with Crippen LogP contribution in [0.2, 0.25) is 0 Å². The first kappa shape index (κ1) is 15.9. The Labute approximate surface area is 127 Å². The summed E-state index contributed by atoms with van der Waals surface area (Å²) in [5.41, 5.74) is 0.428. The molecule has 1 aromatic heterocycles. The number of carboxylic acid groups (broad SMARTS) is 1.